The normalized spacial score (nSPS) is 11.4. The number of nitrogens with one attached hydrogen (secondary N) is 1. The number of carbonyl (C=O) groups is 1. The van der Waals surface area contributed by atoms with E-state index in [0.717, 1.165) is 40.0 Å². The fourth-order valence-corrected chi connectivity index (χ4v) is 4.90. The minimum Gasteiger partial charge on any atom is -0.477 e. The van der Waals surface area contributed by atoms with Crippen LogP contribution in [0.1, 0.15) is 44.1 Å². The van der Waals surface area contributed by atoms with Gasteiger partial charge in [-0.3, -0.25) is 4.79 Å². The summed E-state index contributed by atoms with van der Waals surface area (Å²) in [4.78, 5) is 18.6. The Labute approximate surface area is 226 Å². The predicted octanol–water partition coefficient (Wildman–Crippen LogP) is 7.00. The van der Waals surface area contributed by atoms with E-state index in [2.05, 4.69) is 22.9 Å². The second-order valence-corrected chi connectivity index (χ2v) is 10.7. The number of carbonyl (C=O) groups excluding carboxylic acids is 1. The van der Waals surface area contributed by atoms with E-state index >= 15 is 0 Å². The Kier molecular flexibility index (Phi) is 8.38. The molecule has 0 radical (unpaired) electrons. The first-order valence-electron chi connectivity index (χ1n) is 12.5. The molecule has 0 unspecified atom stereocenters. The van der Waals surface area contributed by atoms with Crippen molar-refractivity contribution >= 4 is 34.4 Å². The number of fused-ring (bicyclic) bond motifs is 1. The number of ether oxygens (including phenoxy) is 1. The molecule has 1 amide bonds. The fraction of sp³-hybridized carbons (Fsp3) is 0.300. The average Bonchev–Trinajstić information content (AvgIpc) is 3.24. The second-order valence-electron chi connectivity index (χ2n) is 9.65. The molecule has 38 heavy (non-hydrogen) atoms. The van der Waals surface area contributed by atoms with Gasteiger partial charge in [-0.1, -0.05) is 25.1 Å². The van der Waals surface area contributed by atoms with Crippen LogP contribution in [0.15, 0.2) is 65.6 Å². The van der Waals surface area contributed by atoms with Gasteiger partial charge in [-0.25, -0.2) is 9.37 Å². The van der Waals surface area contributed by atoms with E-state index in [1.165, 1.54) is 17.8 Å². The molecule has 4 rings (SSSR count). The van der Waals surface area contributed by atoms with Gasteiger partial charge < -0.3 is 14.6 Å². The van der Waals surface area contributed by atoms with Gasteiger partial charge in [-0.05, 0) is 80.8 Å². The highest BCUT2D eigenvalue weighted by molar-refractivity contribution is 7.99. The summed E-state index contributed by atoms with van der Waals surface area (Å²) in [7, 11) is 0. The summed E-state index contributed by atoms with van der Waals surface area (Å²) >= 11 is 1.46. The molecule has 0 aliphatic heterocycles. The fourth-order valence-electron chi connectivity index (χ4n) is 4.34. The molecule has 1 aromatic heterocycles. The van der Waals surface area contributed by atoms with Crippen molar-refractivity contribution in [2.45, 2.75) is 57.6 Å². The second kappa shape index (κ2) is 11.7. The maximum atomic E-state index is 14.5. The van der Waals surface area contributed by atoms with E-state index in [9.17, 15) is 9.18 Å². The molecule has 0 aliphatic rings. The molecule has 1 N–H and O–H groups in total. The highest BCUT2D eigenvalue weighted by Crippen LogP contribution is 2.32. The van der Waals surface area contributed by atoms with Crippen LogP contribution in [-0.2, 0) is 23.4 Å². The van der Waals surface area contributed by atoms with Crippen LogP contribution >= 0.6 is 11.8 Å². The Morgan fingerprint density at radius 2 is 1.92 bits per heavy atom. The van der Waals surface area contributed by atoms with Gasteiger partial charge in [0.25, 0.3) is 0 Å². The number of amides is 1. The van der Waals surface area contributed by atoms with Crippen molar-refractivity contribution in [3.05, 3.63) is 83.4 Å². The van der Waals surface area contributed by atoms with Gasteiger partial charge in [-0.2, -0.15) is 5.26 Å². The number of hydrogen-bond acceptors (Lipinski definition) is 5. The lowest BCUT2D eigenvalue weighted by atomic mass is 10.1. The Bertz CT molecular complexity index is 1490. The van der Waals surface area contributed by atoms with E-state index < -0.39 is 11.4 Å². The van der Waals surface area contributed by atoms with Gasteiger partial charge in [-0.15, -0.1) is 11.8 Å². The topological polar surface area (TPSA) is 79.9 Å². The number of imidazole rings is 1. The average molecular weight is 531 g/mol. The number of benzene rings is 3. The smallest absolute Gasteiger partial charge is 0.228 e. The highest BCUT2D eigenvalue weighted by Gasteiger charge is 2.31. The zero-order valence-corrected chi connectivity index (χ0v) is 22.9. The maximum Gasteiger partial charge on any atom is 0.228 e. The summed E-state index contributed by atoms with van der Waals surface area (Å²) in [5.41, 5.74) is 3.12. The predicted molar refractivity (Wildman–Crippen MR) is 150 cm³/mol. The number of rotatable bonds is 10. The molecule has 0 saturated carbocycles. The van der Waals surface area contributed by atoms with Crippen LogP contribution in [0, 0.1) is 24.1 Å². The zero-order chi connectivity index (χ0) is 27.3. The largest absolute Gasteiger partial charge is 0.477 e. The monoisotopic (exact) mass is 530 g/mol. The van der Waals surface area contributed by atoms with E-state index in [1.54, 1.807) is 6.07 Å². The van der Waals surface area contributed by atoms with Gasteiger partial charge in [0.05, 0.1) is 29.3 Å². The molecule has 0 saturated heterocycles. The molecule has 3 aromatic carbocycles. The molecular weight excluding hydrogens is 499 g/mol. The van der Waals surface area contributed by atoms with Crippen molar-refractivity contribution in [1.29, 1.82) is 5.26 Å². The van der Waals surface area contributed by atoms with E-state index in [-0.39, 0.29) is 18.1 Å². The third kappa shape index (κ3) is 6.35. The van der Waals surface area contributed by atoms with Gasteiger partial charge in [0, 0.05) is 17.1 Å². The molecule has 196 valence electrons. The summed E-state index contributed by atoms with van der Waals surface area (Å²) in [5.74, 6) is 0.724. The van der Waals surface area contributed by atoms with Crippen LogP contribution in [0.3, 0.4) is 0 Å². The Hall–Kier alpha value is -3.83. The molecule has 0 bridgehead atoms. The van der Waals surface area contributed by atoms with Crippen LogP contribution in [-0.4, -0.2) is 21.2 Å². The summed E-state index contributed by atoms with van der Waals surface area (Å²) in [6, 6.07) is 20.3. The molecule has 8 heteroatoms. The lowest BCUT2D eigenvalue weighted by Gasteiger charge is -2.27. The number of aromatic nitrogens is 2. The van der Waals surface area contributed by atoms with Crippen LogP contribution in [0.2, 0.25) is 0 Å². The van der Waals surface area contributed by atoms with Crippen LogP contribution in [0.5, 0.6) is 5.75 Å². The quantitative estimate of drug-likeness (QED) is 0.223. The van der Waals surface area contributed by atoms with Crippen molar-refractivity contribution < 1.29 is 13.9 Å². The molecule has 0 atom stereocenters. The summed E-state index contributed by atoms with van der Waals surface area (Å²) in [5, 5.41) is 11.7. The van der Waals surface area contributed by atoms with Crippen molar-refractivity contribution in [2.24, 2.45) is 0 Å². The number of halogens is 1. The van der Waals surface area contributed by atoms with Crippen LogP contribution < -0.4 is 10.1 Å². The van der Waals surface area contributed by atoms with Gasteiger partial charge in [0.15, 0.2) is 23.0 Å². The van der Waals surface area contributed by atoms with Crippen molar-refractivity contribution in [3.8, 4) is 11.8 Å². The SMILES string of the molecule is CCCn1c(C(C)(C)Oc2ccc(C)cc2F)nc2cc(NC(=O)Cc3ccc(SCC#N)cc3)ccc21. The van der Waals surface area contributed by atoms with Crippen molar-refractivity contribution in [3.63, 3.8) is 0 Å². The molecule has 4 aromatic rings. The van der Waals surface area contributed by atoms with E-state index in [0.29, 0.717) is 17.3 Å². The van der Waals surface area contributed by atoms with Crippen LogP contribution in [0.25, 0.3) is 11.0 Å². The summed E-state index contributed by atoms with van der Waals surface area (Å²) in [6.45, 7) is 8.41. The molecule has 0 spiro atoms. The standard InChI is InChI=1S/C30H31FN4O2S/c1-5-15-35-26-12-9-22(33-28(36)18-21-7-10-23(11-8-21)38-16-14-32)19-25(26)34-29(35)30(3,4)37-27-13-6-20(2)17-24(27)31/h6-13,17,19H,5,15-16,18H2,1-4H3,(H,33,36). The maximum absolute atomic E-state index is 14.5. The summed E-state index contributed by atoms with van der Waals surface area (Å²) < 4.78 is 22.8. The minimum atomic E-state index is -0.897. The van der Waals surface area contributed by atoms with Crippen LogP contribution in [0.4, 0.5) is 10.1 Å². The molecule has 0 aliphatic carbocycles. The minimum absolute atomic E-state index is 0.131. The Morgan fingerprint density at radius 1 is 1.16 bits per heavy atom. The first kappa shape index (κ1) is 27.2. The first-order valence-corrected chi connectivity index (χ1v) is 13.5. The summed E-state index contributed by atoms with van der Waals surface area (Å²) in [6.07, 6.45) is 1.12. The Morgan fingerprint density at radius 3 is 2.61 bits per heavy atom. The number of aryl methyl sites for hydroxylation is 2. The third-order valence-electron chi connectivity index (χ3n) is 6.06. The Balaban J connectivity index is 1.54. The highest BCUT2D eigenvalue weighted by atomic mass is 32.2. The number of thioether (sulfide) groups is 1. The number of anilines is 1. The number of nitriles is 1. The number of nitrogens with zero attached hydrogens (tertiary/aromatic N) is 3. The lowest BCUT2D eigenvalue weighted by Crippen LogP contribution is -2.30. The molecule has 0 fully saturated rings. The molecular formula is C30H31FN4O2S. The van der Waals surface area contributed by atoms with E-state index in [4.69, 9.17) is 15.0 Å². The van der Waals surface area contributed by atoms with E-state index in [1.807, 2.05) is 69.3 Å². The van der Waals surface area contributed by atoms with Crippen molar-refractivity contribution in [2.75, 3.05) is 11.1 Å². The zero-order valence-electron chi connectivity index (χ0n) is 22.0. The van der Waals surface area contributed by atoms with Gasteiger partial charge >= 0.3 is 0 Å². The molecule has 6 nitrogen and oxygen atoms in total. The van der Waals surface area contributed by atoms with Gasteiger partial charge in [0.1, 0.15) is 0 Å². The molecule has 1 heterocycles. The first-order chi connectivity index (χ1) is 18.2. The lowest BCUT2D eigenvalue weighted by molar-refractivity contribution is -0.115. The van der Waals surface area contributed by atoms with Gasteiger partial charge in [0.2, 0.25) is 5.91 Å². The van der Waals surface area contributed by atoms with Crippen molar-refractivity contribution in [1.82, 2.24) is 9.55 Å². The number of hydrogen-bond donors (Lipinski definition) is 1. The third-order valence-corrected chi connectivity index (χ3v) is 6.94.